The minimum atomic E-state index is -0.146. The van der Waals surface area contributed by atoms with Crippen molar-refractivity contribution in [2.24, 2.45) is 0 Å². The molecule has 0 bridgehead atoms. The Morgan fingerprint density at radius 2 is 1.90 bits per heavy atom. The maximum absolute atomic E-state index is 12.7. The summed E-state index contributed by atoms with van der Waals surface area (Å²) in [5.41, 5.74) is 3.90. The number of aromatic nitrogens is 2. The van der Waals surface area contributed by atoms with E-state index in [1.807, 2.05) is 54.6 Å². The van der Waals surface area contributed by atoms with E-state index in [2.05, 4.69) is 32.7 Å². The Balaban J connectivity index is 1.18. The van der Waals surface area contributed by atoms with Crippen LogP contribution in [0.4, 0.5) is 11.6 Å². The highest BCUT2D eigenvalue weighted by Crippen LogP contribution is 2.28. The molecule has 1 fully saturated rings. The smallest absolute Gasteiger partial charge is 0.261 e. The first kappa shape index (κ1) is 26.8. The molecule has 0 radical (unpaired) electrons. The van der Waals surface area contributed by atoms with Crippen molar-refractivity contribution < 1.29 is 14.6 Å². The Kier molecular flexibility index (Phi) is 8.82. The lowest BCUT2D eigenvalue weighted by molar-refractivity contribution is 0.0832. The van der Waals surface area contributed by atoms with E-state index in [0.29, 0.717) is 17.4 Å². The Labute approximate surface area is 232 Å². The number of nitrogens with zero attached hydrogens (tertiary/aromatic N) is 3. The van der Waals surface area contributed by atoms with Gasteiger partial charge in [0.2, 0.25) is 5.95 Å². The van der Waals surface area contributed by atoms with E-state index >= 15 is 0 Å². The van der Waals surface area contributed by atoms with Gasteiger partial charge in [-0.1, -0.05) is 24.3 Å². The number of amides is 1. The van der Waals surface area contributed by atoms with Crippen molar-refractivity contribution in [3.8, 4) is 16.3 Å². The maximum atomic E-state index is 12.7. The SMILES string of the molecule is COc1cccc(CNC(=O)c2ccc(-c3ccnc(Nc4cccc(CCN5CCC(O)CC5)c4)n3)s2)c1. The van der Waals surface area contributed by atoms with Crippen molar-refractivity contribution in [3.63, 3.8) is 0 Å². The number of rotatable bonds is 10. The van der Waals surface area contributed by atoms with Gasteiger partial charge >= 0.3 is 0 Å². The summed E-state index contributed by atoms with van der Waals surface area (Å²) in [7, 11) is 1.63. The van der Waals surface area contributed by atoms with Crippen LogP contribution in [0.2, 0.25) is 0 Å². The van der Waals surface area contributed by atoms with Crippen molar-refractivity contribution in [3.05, 3.63) is 88.9 Å². The summed E-state index contributed by atoms with van der Waals surface area (Å²) in [6, 6.07) is 21.5. The number of hydrogen-bond acceptors (Lipinski definition) is 8. The van der Waals surface area contributed by atoms with Gasteiger partial charge in [-0.05, 0) is 72.9 Å². The van der Waals surface area contributed by atoms with Crippen LogP contribution in [0.15, 0.2) is 72.9 Å². The van der Waals surface area contributed by atoms with Crippen molar-refractivity contribution in [2.45, 2.75) is 31.9 Å². The number of likely N-dealkylation sites (tertiary alicyclic amines) is 1. The molecule has 39 heavy (non-hydrogen) atoms. The number of nitrogens with one attached hydrogen (secondary N) is 2. The van der Waals surface area contributed by atoms with Gasteiger partial charge in [0.05, 0.1) is 28.7 Å². The van der Waals surface area contributed by atoms with Crippen molar-refractivity contribution in [1.29, 1.82) is 0 Å². The van der Waals surface area contributed by atoms with E-state index in [0.717, 1.165) is 66.5 Å². The predicted octanol–water partition coefficient (Wildman–Crippen LogP) is 4.89. The van der Waals surface area contributed by atoms with Crippen LogP contribution in [0.3, 0.4) is 0 Å². The fourth-order valence-electron chi connectivity index (χ4n) is 4.57. The maximum Gasteiger partial charge on any atom is 0.261 e. The summed E-state index contributed by atoms with van der Waals surface area (Å²) >= 11 is 1.40. The van der Waals surface area contributed by atoms with Crippen LogP contribution in [0, 0.1) is 0 Å². The molecule has 1 amide bonds. The molecule has 0 atom stereocenters. The number of piperidine rings is 1. The van der Waals surface area contributed by atoms with Gasteiger partial charge in [-0.15, -0.1) is 11.3 Å². The number of hydrogen-bond donors (Lipinski definition) is 3. The second kappa shape index (κ2) is 12.8. The van der Waals surface area contributed by atoms with Crippen molar-refractivity contribution >= 4 is 28.9 Å². The second-order valence-electron chi connectivity index (χ2n) is 9.61. The molecule has 2 aromatic carbocycles. The lowest BCUT2D eigenvalue weighted by atomic mass is 10.1. The number of methoxy groups -OCH3 is 1. The summed E-state index contributed by atoms with van der Waals surface area (Å²) in [6.45, 7) is 3.31. The normalized spacial score (nSPS) is 14.2. The molecule has 0 saturated carbocycles. The van der Waals surface area contributed by atoms with E-state index in [4.69, 9.17) is 9.72 Å². The molecule has 0 spiro atoms. The standard InChI is InChI=1S/C30H33N5O3S/c1-38-25-7-3-5-22(19-25)20-32-29(37)28-9-8-27(39-28)26-10-14-31-30(34-26)33-23-6-2-4-21(18-23)11-15-35-16-12-24(36)13-17-35/h2-10,14,18-19,24,36H,11-13,15-17,20H2,1H3,(H,32,37)(H,31,33,34). The van der Waals surface area contributed by atoms with Crippen LogP contribution in [0.25, 0.3) is 10.6 Å². The molecule has 5 rings (SSSR count). The monoisotopic (exact) mass is 543 g/mol. The molecule has 3 N–H and O–H groups in total. The van der Waals surface area contributed by atoms with Crippen molar-refractivity contribution in [2.75, 3.05) is 32.1 Å². The van der Waals surface area contributed by atoms with E-state index in [1.54, 1.807) is 13.3 Å². The van der Waals surface area contributed by atoms with Crippen LogP contribution >= 0.6 is 11.3 Å². The van der Waals surface area contributed by atoms with E-state index in [-0.39, 0.29) is 12.0 Å². The third-order valence-electron chi connectivity index (χ3n) is 6.78. The molecular weight excluding hydrogens is 510 g/mol. The Morgan fingerprint density at radius 1 is 1.08 bits per heavy atom. The number of ether oxygens (including phenoxy) is 1. The largest absolute Gasteiger partial charge is 0.497 e. The average molecular weight is 544 g/mol. The Morgan fingerprint density at radius 3 is 2.74 bits per heavy atom. The first-order valence-electron chi connectivity index (χ1n) is 13.2. The topological polar surface area (TPSA) is 99.6 Å². The lowest BCUT2D eigenvalue weighted by Gasteiger charge is -2.29. The molecule has 2 aromatic heterocycles. The molecular formula is C30H33N5O3S. The zero-order valence-corrected chi connectivity index (χ0v) is 22.8. The summed E-state index contributed by atoms with van der Waals surface area (Å²) in [5.74, 6) is 1.14. The molecule has 0 unspecified atom stereocenters. The molecule has 8 nitrogen and oxygen atoms in total. The van der Waals surface area contributed by atoms with E-state index in [1.165, 1.54) is 16.9 Å². The zero-order valence-electron chi connectivity index (χ0n) is 22.0. The number of thiophene rings is 1. The summed E-state index contributed by atoms with van der Waals surface area (Å²) in [4.78, 5) is 25.7. The third kappa shape index (κ3) is 7.41. The molecule has 9 heteroatoms. The molecule has 1 aliphatic heterocycles. The fraction of sp³-hybridized carbons (Fsp3) is 0.300. The number of aliphatic hydroxyl groups is 1. The minimum absolute atomic E-state index is 0.126. The average Bonchev–Trinajstić information content (AvgIpc) is 3.47. The van der Waals surface area contributed by atoms with Gasteiger partial charge in [0.25, 0.3) is 5.91 Å². The number of carbonyl (C=O) groups excluding carboxylic acids is 1. The van der Waals surface area contributed by atoms with Crippen LogP contribution < -0.4 is 15.4 Å². The molecule has 1 saturated heterocycles. The van der Waals surface area contributed by atoms with E-state index in [9.17, 15) is 9.90 Å². The number of carbonyl (C=O) groups is 1. The number of aliphatic hydroxyl groups excluding tert-OH is 1. The van der Waals surface area contributed by atoms with Gasteiger partial charge < -0.3 is 25.4 Å². The highest BCUT2D eigenvalue weighted by atomic mass is 32.1. The highest BCUT2D eigenvalue weighted by Gasteiger charge is 2.16. The van der Waals surface area contributed by atoms with Crippen LogP contribution in [0.1, 0.15) is 33.6 Å². The van der Waals surface area contributed by atoms with Crippen LogP contribution in [0.5, 0.6) is 5.75 Å². The first-order chi connectivity index (χ1) is 19.1. The Bertz CT molecular complexity index is 1400. The molecule has 0 aliphatic carbocycles. The second-order valence-corrected chi connectivity index (χ2v) is 10.7. The lowest BCUT2D eigenvalue weighted by Crippen LogP contribution is -2.37. The molecule has 1 aliphatic rings. The van der Waals surface area contributed by atoms with Crippen LogP contribution in [-0.4, -0.2) is 58.7 Å². The molecule has 3 heterocycles. The predicted molar refractivity (Wildman–Crippen MR) is 155 cm³/mol. The minimum Gasteiger partial charge on any atom is -0.497 e. The van der Waals surface area contributed by atoms with Crippen molar-refractivity contribution in [1.82, 2.24) is 20.2 Å². The highest BCUT2D eigenvalue weighted by molar-refractivity contribution is 7.17. The van der Waals surface area contributed by atoms with Crippen LogP contribution in [-0.2, 0) is 13.0 Å². The van der Waals surface area contributed by atoms with Gasteiger partial charge in [0.15, 0.2) is 0 Å². The number of anilines is 2. The molecule has 202 valence electrons. The third-order valence-corrected chi connectivity index (χ3v) is 7.89. The van der Waals surface area contributed by atoms with Gasteiger partial charge in [0.1, 0.15) is 5.75 Å². The summed E-state index contributed by atoms with van der Waals surface area (Å²) in [6.07, 6.45) is 4.24. The number of benzene rings is 2. The van der Waals surface area contributed by atoms with E-state index < -0.39 is 0 Å². The Hall–Kier alpha value is -3.79. The zero-order chi connectivity index (χ0) is 27.0. The van der Waals surface area contributed by atoms with Gasteiger partial charge in [-0.3, -0.25) is 4.79 Å². The van der Waals surface area contributed by atoms with Gasteiger partial charge in [0, 0.05) is 38.1 Å². The first-order valence-corrected chi connectivity index (χ1v) is 14.0. The molecule has 4 aromatic rings. The quantitative estimate of drug-likeness (QED) is 0.262. The van der Waals surface area contributed by atoms with Gasteiger partial charge in [-0.2, -0.15) is 0 Å². The summed E-state index contributed by atoms with van der Waals surface area (Å²) in [5, 5.41) is 16.0. The fourth-order valence-corrected chi connectivity index (χ4v) is 5.46. The van der Waals surface area contributed by atoms with Gasteiger partial charge in [-0.25, -0.2) is 9.97 Å². The summed E-state index contributed by atoms with van der Waals surface area (Å²) < 4.78 is 5.25.